The minimum absolute atomic E-state index is 0.131. The zero-order chi connectivity index (χ0) is 20.6. The summed E-state index contributed by atoms with van der Waals surface area (Å²) in [7, 11) is 0. The van der Waals surface area contributed by atoms with Crippen LogP contribution in [0.4, 0.5) is 0 Å². The number of carbonyl (C=O) groups is 3. The van der Waals surface area contributed by atoms with Crippen molar-refractivity contribution in [2.45, 2.75) is 19.4 Å². The molecule has 0 atom stereocenters. The van der Waals surface area contributed by atoms with Crippen molar-refractivity contribution in [2.24, 2.45) is 0 Å². The van der Waals surface area contributed by atoms with Gasteiger partial charge in [-0.25, -0.2) is 0 Å². The second-order valence-corrected chi connectivity index (χ2v) is 7.63. The third-order valence-corrected chi connectivity index (χ3v) is 5.42. The first kappa shape index (κ1) is 20.5. The van der Waals surface area contributed by atoms with Crippen molar-refractivity contribution < 1.29 is 19.1 Å². The molecule has 1 N–H and O–H groups in total. The van der Waals surface area contributed by atoms with E-state index >= 15 is 0 Å². The lowest BCUT2D eigenvalue weighted by Crippen LogP contribution is -2.21. The Morgan fingerprint density at radius 2 is 1.48 bits per heavy atom. The van der Waals surface area contributed by atoms with Crippen LogP contribution in [0.5, 0.6) is 0 Å². The lowest BCUT2D eigenvalue weighted by atomic mass is 9.91. The molecule has 6 heteroatoms. The predicted octanol–water partition coefficient (Wildman–Crippen LogP) is 3.94. The van der Waals surface area contributed by atoms with Crippen LogP contribution in [0.15, 0.2) is 72.8 Å². The number of esters is 1. The Morgan fingerprint density at radius 1 is 0.897 bits per heavy atom. The van der Waals surface area contributed by atoms with E-state index < -0.39 is 11.9 Å². The Kier molecular flexibility index (Phi) is 6.92. The molecule has 3 aromatic rings. The third kappa shape index (κ3) is 5.62. The fourth-order valence-electron chi connectivity index (χ4n) is 2.88. The van der Waals surface area contributed by atoms with E-state index in [-0.39, 0.29) is 18.3 Å². The van der Waals surface area contributed by atoms with Gasteiger partial charge in [0.1, 0.15) is 5.92 Å². The van der Waals surface area contributed by atoms with Crippen LogP contribution in [-0.4, -0.2) is 24.3 Å². The number of hydrogen-bond acceptors (Lipinski definition) is 5. The van der Waals surface area contributed by atoms with Gasteiger partial charge in [-0.05, 0) is 23.3 Å². The predicted molar refractivity (Wildman–Crippen MR) is 112 cm³/mol. The molecule has 1 aromatic heterocycles. The van der Waals surface area contributed by atoms with E-state index in [4.69, 9.17) is 4.74 Å². The maximum atomic E-state index is 12.8. The highest BCUT2D eigenvalue weighted by atomic mass is 32.1. The minimum atomic E-state index is -0.594. The van der Waals surface area contributed by atoms with E-state index in [1.165, 1.54) is 18.3 Å². The molecule has 1 heterocycles. The number of carbonyl (C=O) groups excluding carboxylic acids is 3. The van der Waals surface area contributed by atoms with Crippen LogP contribution in [0.3, 0.4) is 0 Å². The molecule has 0 saturated heterocycles. The molecule has 0 saturated carbocycles. The zero-order valence-corrected chi connectivity index (χ0v) is 16.8. The third-order valence-electron chi connectivity index (χ3n) is 4.30. The summed E-state index contributed by atoms with van der Waals surface area (Å²) in [6.07, 6.45) is 0. The molecule has 0 fully saturated rings. The van der Waals surface area contributed by atoms with E-state index in [9.17, 15) is 14.4 Å². The molecular weight excluding hydrogens is 386 g/mol. The van der Waals surface area contributed by atoms with E-state index in [0.717, 1.165) is 16.0 Å². The van der Waals surface area contributed by atoms with Crippen LogP contribution >= 0.6 is 11.3 Å². The molecule has 0 radical (unpaired) electrons. The zero-order valence-electron chi connectivity index (χ0n) is 16.0. The van der Waals surface area contributed by atoms with Crippen LogP contribution in [0, 0.1) is 0 Å². The topological polar surface area (TPSA) is 72.5 Å². The number of benzene rings is 2. The number of ether oxygens (including phenoxy) is 1. The van der Waals surface area contributed by atoms with Gasteiger partial charge in [0, 0.05) is 11.8 Å². The average Bonchev–Trinajstić information content (AvgIpc) is 3.21. The number of thiophene rings is 1. The van der Waals surface area contributed by atoms with E-state index in [0.29, 0.717) is 11.4 Å². The number of hydrogen-bond donors (Lipinski definition) is 1. The van der Waals surface area contributed by atoms with Gasteiger partial charge in [0.05, 0.1) is 11.4 Å². The Hall–Kier alpha value is -3.25. The van der Waals surface area contributed by atoms with Crippen molar-refractivity contribution >= 4 is 29.0 Å². The summed E-state index contributed by atoms with van der Waals surface area (Å²) in [5, 5.41) is 2.69. The van der Waals surface area contributed by atoms with Gasteiger partial charge in [0.15, 0.2) is 6.61 Å². The molecule has 0 bridgehead atoms. The summed E-state index contributed by atoms with van der Waals surface area (Å²) >= 11 is 1.28. The largest absolute Gasteiger partial charge is 0.457 e. The fourth-order valence-corrected chi connectivity index (χ4v) is 3.75. The molecule has 1 amide bonds. The number of amides is 1. The van der Waals surface area contributed by atoms with Crippen molar-refractivity contribution in [3.63, 3.8) is 0 Å². The van der Waals surface area contributed by atoms with Crippen molar-refractivity contribution in [3.05, 3.63) is 93.7 Å². The van der Waals surface area contributed by atoms with Crippen molar-refractivity contribution in [3.8, 4) is 0 Å². The quantitative estimate of drug-likeness (QED) is 0.453. The van der Waals surface area contributed by atoms with Gasteiger partial charge in [-0.1, -0.05) is 60.7 Å². The summed E-state index contributed by atoms with van der Waals surface area (Å²) in [6, 6.07) is 22.2. The summed E-state index contributed by atoms with van der Waals surface area (Å²) in [6.45, 7) is 1.49. The molecule has 0 aliphatic heterocycles. The van der Waals surface area contributed by atoms with E-state index in [2.05, 4.69) is 5.32 Å². The van der Waals surface area contributed by atoms with Crippen LogP contribution in [0.25, 0.3) is 0 Å². The fraction of sp³-hybridized carbons (Fsp3) is 0.174. The number of Topliss-reactive ketones (excluding diaryl/α,β-unsaturated/α-hetero) is 1. The molecule has 0 aliphatic carbocycles. The molecule has 3 rings (SSSR count). The van der Waals surface area contributed by atoms with Crippen LogP contribution in [0.2, 0.25) is 0 Å². The highest BCUT2D eigenvalue weighted by Crippen LogP contribution is 2.26. The van der Waals surface area contributed by atoms with E-state index in [1.54, 1.807) is 12.1 Å². The minimum Gasteiger partial charge on any atom is -0.457 e. The summed E-state index contributed by atoms with van der Waals surface area (Å²) < 4.78 is 5.39. The van der Waals surface area contributed by atoms with Crippen molar-refractivity contribution in [2.75, 3.05) is 6.61 Å². The van der Waals surface area contributed by atoms with Crippen molar-refractivity contribution in [1.29, 1.82) is 0 Å². The van der Waals surface area contributed by atoms with Gasteiger partial charge >= 0.3 is 5.97 Å². The van der Waals surface area contributed by atoms with Crippen molar-refractivity contribution in [1.82, 2.24) is 5.32 Å². The van der Waals surface area contributed by atoms with Gasteiger partial charge in [-0.2, -0.15) is 0 Å². The van der Waals surface area contributed by atoms with Gasteiger partial charge < -0.3 is 10.1 Å². The van der Waals surface area contributed by atoms with Gasteiger partial charge in [0.25, 0.3) is 0 Å². The lowest BCUT2D eigenvalue weighted by molar-refractivity contribution is -0.143. The molecule has 0 aliphatic rings. The molecule has 0 unspecified atom stereocenters. The molecule has 2 aromatic carbocycles. The SMILES string of the molecule is CC(=O)NCc1ccc(C(=O)COC(=O)C(c2ccccc2)c2ccccc2)s1. The Bertz CT molecular complexity index is 943. The van der Waals surface area contributed by atoms with Gasteiger partial charge in [0.2, 0.25) is 11.7 Å². The molecular formula is C23H21NO4S. The first-order chi connectivity index (χ1) is 14.0. The molecule has 0 spiro atoms. The number of rotatable bonds is 8. The maximum Gasteiger partial charge on any atom is 0.318 e. The maximum absolute atomic E-state index is 12.8. The first-order valence-corrected chi connectivity index (χ1v) is 9.99. The number of nitrogens with one attached hydrogen (secondary N) is 1. The second-order valence-electron chi connectivity index (χ2n) is 6.46. The lowest BCUT2D eigenvalue weighted by Gasteiger charge is -2.16. The molecule has 148 valence electrons. The summed E-state index contributed by atoms with van der Waals surface area (Å²) in [4.78, 5) is 37.6. The van der Waals surface area contributed by atoms with Gasteiger partial charge in [-0.3, -0.25) is 14.4 Å². The highest BCUT2D eigenvalue weighted by molar-refractivity contribution is 7.14. The Balaban J connectivity index is 1.67. The van der Waals surface area contributed by atoms with Crippen LogP contribution < -0.4 is 5.32 Å². The Morgan fingerprint density at radius 3 is 2.03 bits per heavy atom. The molecule has 29 heavy (non-hydrogen) atoms. The molecule has 5 nitrogen and oxygen atoms in total. The first-order valence-electron chi connectivity index (χ1n) is 9.17. The highest BCUT2D eigenvalue weighted by Gasteiger charge is 2.25. The Labute approximate surface area is 173 Å². The van der Waals surface area contributed by atoms with E-state index in [1.807, 2.05) is 60.7 Å². The smallest absolute Gasteiger partial charge is 0.318 e. The number of ketones is 1. The monoisotopic (exact) mass is 407 g/mol. The summed E-state index contributed by atoms with van der Waals surface area (Å²) in [5.74, 6) is -1.46. The van der Waals surface area contributed by atoms with Crippen LogP contribution in [0.1, 0.15) is 38.5 Å². The van der Waals surface area contributed by atoms with Crippen LogP contribution in [-0.2, 0) is 20.9 Å². The standard InChI is InChI=1S/C23H21NO4S/c1-16(25)24-14-19-12-13-21(29-19)20(26)15-28-23(27)22(17-8-4-2-5-9-17)18-10-6-3-7-11-18/h2-13,22H,14-15H2,1H3,(H,24,25). The summed E-state index contributed by atoms with van der Waals surface area (Å²) in [5.41, 5.74) is 1.62. The average molecular weight is 407 g/mol. The van der Waals surface area contributed by atoms with Gasteiger partial charge in [-0.15, -0.1) is 11.3 Å². The normalized spacial score (nSPS) is 10.6. The second kappa shape index (κ2) is 9.80.